The van der Waals surface area contributed by atoms with Crippen molar-refractivity contribution in [1.29, 1.82) is 0 Å². The molecule has 1 heterocycles. The van der Waals surface area contributed by atoms with E-state index in [9.17, 15) is 8.78 Å². The molecule has 2 rings (SSSR count). The van der Waals surface area contributed by atoms with Gasteiger partial charge in [-0.2, -0.15) is 0 Å². The molecule has 0 fully saturated rings. The molecule has 1 aromatic heterocycles. The second kappa shape index (κ2) is 3.89. The first-order chi connectivity index (χ1) is 7.59. The van der Waals surface area contributed by atoms with Crippen molar-refractivity contribution in [3.05, 3.63) is 47.7 Å². The molecule has 2 N–H and O–H groups in total. The van der Waals surface area contributed by atoms with E-state index < -0.39 is 11.6 Å². The van der Waals surface area contributed by atoms with Crippen molar-refractivity contribution in [2.45, 2.75) is 6.92 Å². The number of rotatable bonds is 1. The zero-order chi connectivity index (χ0) is 11.7. The number of anilines is 1. The van der Waals surface area contributed by atoms with E-state index in [1.165, 1.54) is 18.3 Å². The molecule has 0 aliphatic carbocycles. The Hall–Kier alpha value is -1.97. The van der Waals surface area contributed by atoms with Crippen LogP contribution < -0.4 is 5.73 Å². The van der Waals surface area contributed by atoms with E-state index in [1.54, 1.807) is 13.0 Å². The van der Waals surface area contributed by atoms with Crippen LogP contribution in [0.3, 0.4) is 0 Å². The minimum atomic E-state index is -0.869. The first-order valence-electron chi connectivity index (χ1n) is 4.76. The standard InChI is InChI=1S/C12H10F2N2/c1-7-5-8(6-16-12(7)15)9-3-2-4-10(13)11(9)14/h2-6H,1H3,(H2,15,16). The number of nitrogen functional groups attached to an aromatic ring is 1. The molecular weight excluding hydrogens is 210 g/mol. The summed E-state index contributed by atoms with van der Waals surface area (Å²) in [5, 5.41) is 0. The van der Waals surface area contributed by atoms with Crippen LogP contribution in [0, 0.1) is 18.6 Å². The SMILES string of the molecule is Cc1cc(-c2cccc(F)c2F)cnc1N. The molecule has 0 bridgehead atoms. The molecule has 82 valence electrons. The van der Waals surface area contributed by atoms with E-state index in [2.05, 4.69) is 4.98 Å². The summed E-state index contributed by atoms with van der Waals surface area (Å²) in [6.07, 6.45) is 1.43. The molecule has 0 amide bonds. The maximum Gasteiger partial charge on any atom is 0.166 e. The van der Waals surface area contributed by atoms with Gasteiger partial charge in [-0.15, -0.1) is 0 Å². The van der Waals surface area contributed by atoms with Crippen molar-refractivity contribution in [2.24, 2.45) is 0 Å². The van der Waals surface area contributed by atoms with E-state index >= 15 is 0 Å². The van der Waals surface area contributed by atoms with Crippen LogP contribution in [0.5, 0.6) is 0 Å². The topological polar surface area (TPSA) is 38.9 Å². The van der Waals surface area contributed by atoms with Crippen LogP contribution >= 0.6 is 0 Å². The fraction of sp³-hybridized carbons (Fsp3) is 0.0833. The van der Waals surface area contributed by atoms with Crippen LogP contribution in [0.25, 0.3) is 11.1 Å². The van der Waals surface area contributed by atoms with Crippen molar-refractivity contribution in [2.75, 3.05) is 5.73 Å². The predicted octanol–water partition coefficient (Wildman–Crippen LogP) is 2.92. The summed E-state index contributed by atoms with van der Waals surface area (Å²) in [5.41, 5.74) is 7.00. The Bertz CT molecular complexity index is 539. The van der Waals surface area contributed by atoms with Gasteiger partial charge in [-0.3, -0.25) is 0 Å². The van der Waals surface area contributed by atoms with Gasteiger partial charge < -0.3 is 5.73 Å². The van der Waals surface area contributed by atoms with Gasteiger partial charge in [0.25, 0.3) is 0 Å². The highest BCUT2D eigenvalue weighted by Crippen LogP contribution is 2.25. The van der Waals surface area contributed by atoms with Crippen LogP contribution in [0.1, 0.15) is 5.56 Å². The molecule has 0 aliphatic rings. The number of hydrogen-bond acceptors (Lipinski definition) is 2. The predicted molar refractivity (Wildman–Crippen MR) is 58.7 cm³/mol. The van der Waals surface area contributed by atoms with Crippen molar-refractivity contribution in [3.8, 4) is 11.1 Å². The van der Waals surface area contributed by atoms with Crippen LogP contribution in [0.15, 0.2) is 30.5 Å². The number of hydrogen-bond donors (Lipinski definition) is 1. The van der Waals surface area contributed by atoms with Gasteiger partial charge in [-0.05, 0) is 24.6 Å². The second-order valence-electron chi connectivity index (χ2n) is 3.53. The number of nitrogens with zero attached hydrogens (tertiary/aromatic N) is 1. The number of nitrogens with two attached hydrogens (primary N) is 1. The van der Waals surface area contributed by atoms with E-state index in [1.807, 2.05) is 0 Å². The Kier molecular flexibility index (Phi) is 2.56. The van der Waals surface area contributed by atoms with E-state index in [0.29, 0.717) is 11.4 Å². The van der Waals surface area contributed by atoms with E-state index in [0.717, 1.165) is 11.6 Å². The average Bonchev–Trinajstić information content (AvgIpc) is 2.26. The van der Waals surface area contributed by atoms with Crippen molar-refractivity contribution in [3.63, 3.8) is 0 Å². The van der Waals surface area contributed by atoms with Gasteiger partial charge in [0.2, 0.25) is 0 Å². The Morgan fingerprint density at radius 2 is 2.00 bits per heavy atom. The summed E-state index contributed by atoms with van der Waals surface area (Å²) in [7, 11) is 0. The minimum Gasteiger partial charge on any atom is -0.383 e. The van der Waals surface area contributed by atoms with Crippen LogP contribution in [-0.4, -0.2) is 4.98 Å². The number of halogens is 2. The number of pyridine rings is 1. The molecule has 4 heteroatoms. The molecule has 0 saturated heterocycles. The van der Waals surface area contributed by atoms with Crippen molar-refractivity contribution < 1.29 is 8.78 Å². The molecule has 0 atom stereocenters. The first-order valence-corrected chi connectivity index (χ1v) is 4.76. The molecule has 0 unspecified atom stereocenters. The zero-order valence-corrected chi connectivity index (χ0v) is 8.67. The summed E-state index contributed by atoms with van der Waals surface area (Å²) < 4.78 is 26.5. The molecule has 0 radical (unpaired) electrons. The van der Waals surface area contributed by atoms with Gasteiger partial charge in [0.1, 0.15) is 5.82 Å². The lowest BCUT2D eigenvalue weighted by Crippen LogP contribution is -1.95. The third-order valence-corrected chi connectivity index (χ3v) is 2.38. The molecular formula is C12H10F2N2. The molecule has 0 saturated carbocycles. The number of aryl methyl sites for hydroxylation is 1. The summed E-state index contributed by atoms with van der Waals surface area (Å²) in [6.45, 7) is 1.77. The highest BCUT2D eigenvalue weighted by Gasteiger charge is 2.10. The fourth-order valence-electron chi connectivity index (χ4n) is 1.46. The lowest BCUT2D eigenvalue weighted by molar-refractivity contribution is 0.511. The fourth-order valence-corrected chi connectivity index (χ4v) is 1.46. The summed E-state index contributed by atoms with van der Waals surface area (Å²) in [5.74, 6) is -1.35. The van der Waals surface area contributed by atoms with Gasteiger partial charge in [0.05, 0.1) is 0 Å². The second-order valence-corrected chi connectivity index (χ2v) is 3.53. The molecule has 0 spiro atoms. The van der Waals surface area contributed by atoms with Crippen molar-refractivity contribution >= 4 is 5.82 Å². The van der Waals surface area contributed by atoms with Crippen LogP contribution in [-0.2, 0) is 0 Å². The van der Waals surface area contributed by atoms with Gasteiger partial charge in [0, 0.05) is 17.3 Å². The smallest absolute Gasteiger partial charge is 0.166 e. The Morgan fingerprint density at radius 3 is 2.69 bits per heavy atom. The largest absolute Gasteiger partial charge is 0.383 e. The first kappa shape index (κ1) is 10.5. The maximum absolute atomic E-state index is 13.5. The summed E-state index contributed by atoms with van der Waals surface area (Å²) >= 11 is 0. The number of benzene rings is 1. The molecule has 2 aromatic rings. The normalized spacial score (nSPS) is 10.4. The van der Waals surface area contributed by atoms with Gasteiger partial charge in [0.15, 0.2) is 11.6 Å². The van der Waals surface area contributed by atoms with Gasteiger partial charge in [-0.25, -0.2) is 13.8 Å². The van der Waals surface area contributed by atoms with Crippen molar-refractivity contribution in [1.82, 2.24) is 4.98 Å². The lowest BCUT2D eigenvalue weighted by Gasteiger charge is -2.06. The zero-order valence-electron chi connectivity index (χ0n) is 8.67. The number of aromatic nitrogens is 1. The Balaban J connectivity index is 2.59. The quantitative estimate of drug-likeness (QED) is 0.802. The van der Waals surface area contributed by atoms with E-state index in [4.69, 9.17) is 5.73 Å². The third kappa shape index (κ3) is 1.74. The monoisotopic (exact) mass is 220 g/mol. The summed E-state index contributed by atoms with van der Waals surface area (Å²) in [6, 6.07) is 5.72. The molecule has 16 heavy (non-hydrogen) atoms. The maximum atomic E-state index is 13.5. The average molecular weight is 220 g/mol. The van der Waals surface area contributed by atoms with Crippen LogP contribution in [0.4, 0.5) is 14.6 Å². The highest BCUT2D eigenvalue weighted by atomic mass is 19.2. The minimum absolute atomic E-state index is 0.190. The lowest BCUT2D eigenvalue weighted by atomic mass is 10.1. The van der Waals surface area contributed by atoms with Gasteiger partial charge >= 0.3 is 0 Å². The Labute approximate surface area is 91.7 Å². The van der Waals surface area contributed by atoms with Crippen LogP contribution in [0.2, 0.25) is 0 Å². The third-order valence-electron chi connectivity index (χ3n) is 2.38. The molecule has 1 aromatic carbocycles. The van der Waals surface area contributed by atoms with E-state index in [-0.39, 0.29) is 5.56 Å². The molecule has 2 nitrogen and oxygen atoms in total. The van der Waals surface area contributed by atoms with Gasteiger partial charge in [-0.1, -0.05) is 12.1 Å². The molecule has 0 aliphatic heterocycles. The summed E-state index contributed by atoms with van der Waals surface area (Å²) in [4.78, 5) is 3.91. The Morgan fingerprint density at radius 1 is 1.25 bits per heavy atom. The highest BCUT2D eigenvalue weighted by molar-refractivity contribution is 5.65.